The fourth-order valence-electron chi connectivity index (χ4n) is 3.18. The fourth-order valence-corrected chi connectivity index (χ4v) is 3.18. The molecule has 0 aliphatic carbocycles. The average molecular weight is 316 g/mol. The lowest BCUT2D eigenvalue weighted by molar-refractivity contribution is 0.0124. The van der Waals surface area contributed by atoms with Crippen LogP contribution in [0.5, 0.6) is 5.75 Å². The monoisotopic (exact) mass is 316 g/mol. The molecule has 0 amide bonds. The van der Waals surface area contributed by atoms with Gasteiger partial charge in [0, 0.05) is 37.9 Å². The van der Waals surface area contributed by atoms with Gasteiger partial charge < -0.3 is 14.5 Å². The molecule has 1 aliphatic rings. The van der Waals surface area contributed by atoms with Crippen LogP contribution in [-0.4, -0.2) is 42.8 Å². The van der Waals surface area contributed by atoms with Gasteiger partial charge in [-0.1, -0.05) is 0 Å². The number of ether oxygens (including phenoxy) is 2. The van der Waals surface area contributed by atoms with Crippen molar-refractivity contribution in [2.75, 3.05) is 26.8 Å². The van der Waals surface area contributed by atoms with E-state index in [1.807, 2.05) is 31.2 Å². The van der Waals surface area contributed by atoms with Crippen molar-refractivity contribution in [2.24, 2.45) is 0 Å². The fraction of sp³-hybridized carbons (Fsp3) is 0.500. The molecule has 0 radical (unpaired) electrons. The normalized spacial score (nSPS) is 16.8. The molecule has 23 heavy (non-hydrogen) atoms. The van der Waals surface area contributed by atoms with Crippen LogP contribution in [0.2, 0.25) is 0 Å². The number of hydrogen-bond donors (Lipinski definition) is 1. The van der Waals surface area contributed by atoms with Gasteiger partial charge in [0.1, 0.15) is 5.75 Å². The first-order valence-electron chi connectivity index (χ1n) is 8.23. The molecule has 1 saturated heterocycles. The van der Waals surface area contributed by atoms with Gasteiger partial charge in [0.25, 0.3) is 5.56 Å². The molecule has 2 heterocycles. The SMILES string of the molecule is CCOC1CCN(Cc2cc3ccc(OC)cc3[nH]c2=O)CC1. The van der Waals surface area contributed by atoms with E-state index in [0.29, 0.717) is 12.6 Å². The molecule has 1 aliphatic heterocycles. The number of methoxy groups -OCH3 is 1. The summed E-state index contributed by atoms with van der Waals surface area (Å²) in [6.07, 6.45) is 2.45. The van der Waals surface area contributed by atoms with Gasteiger partial charge in [-0.05, 0) is 43.4 Å². The molecule has 124 valence electrons. The van der Waals surface area contributed by atoms with Crippen molar-refractivity contribution in [1.82, 2.24) is 9.88 Å². The third-order valence-corrected chi connectivity index (χ3v) is 4.46. The summed E-state index contributed by atoms with van der Waals surface area (Å²) in [4.78, 5) is 17.6. The van der Waals surface area contributed by atoms with Gasteiger partial charge >= 0.3 is 0 Å². The Morgan fingerprint density at radius 2 is 2.04 bits per heavy atom. The number of rotatable bonds is 5. The predicted molar refractivity (Wildman–Crippen MR) is 91.0 cm³/mol. The van der Waals surface area contributed by atoms with Crippen LogP contribution >= 0.6 is 0 Å². The molecular weight excluding hydrogens is 292 g/mol. The molecule has 5 heteroatoms. The van der Waals surface area contributed by atoms with Crippen LogP contribution in [0.3, 0.4) is 0 Å². The lowest BCUT2D eigenvalue weighted by Crippen LogP contribution is -2.37. The van der Waals surface area contributed by atoms with Gasteiger partial charge in [0.05, 0.1) is 18.7 Å². The molecule has 0 unspecified atom stereocenters. The number of H-pyrrole nitrogens is 1. The number of likely N-dealkylation sites (tertiary alicyclic amines) is 1. The van der Waals surface area contributed by atoms with E-state index in [0.717, 1.165) is 54.8 Å². The first kappa shape index (κ1) is 16.0. The summed E-state index contributed by atoms with van der Waals surface area (Å²) in [6.45, 7) is 5.46. The van der Waals surface area contributed by atoms with Crippen molar-refractivity contribution < 1.29 is 9.47 Å². The third kappa shape index (κ3) is 3.74. The molecule has 0 bridgehead atoms. The Morgan fingerprint density at radius 1 is 1.26 bits per heavy atom. The number of nitrogens with zero attached hydrogens (tertiary/aromatic N) is 1. The van der Waals surface area contributed by atoms with Crippen molar-refractivity contribution in [3.8, 4) is 5.75 Å². The number of aromatic nitrogens is 1. The van der Waals surface area contributed by atoms with Crippen LogP contribution < -0.4 is 10.3 Å². The molecule has 0 saturated carbocycles. The topological polar surface area (TPSA) is 54.6 Å². The Hall–Kier alpha value is -1.85. The van der Waals surface area contributed by atoms with E-state index in [-0.39, 0.29) is 5.56 Å². The van der Waals surface area contributed by atoms with Crippen molar-refractivity contribution in [3.05, 3.63) is 40.2 Å². The quantitative estimate of drug-likeness (QED) is 0.921. The number of benzene rings is 1. The third-order valence-electron chi connectivity index (χ3n) is 4.46. The molecule has 3 rings (SSSR count). The number of nitrogens with one attached hydrogen (secondary N) is 1. The number of hydrogen-bond acceptors (Lipinski definition) is 4. The summed E-state index contributed by atoms with van der Waals surface area (Å²) in [5.74, 6) is 0.749. The van der Waals surface area contributed by atoms with Crippen molar-refractivity contribution in [3.63, 3.8) is 0 Å². The highest BCUT2D eigenvalue weighted by molar-refractivity contribution is 5.80. The highest BCUT2D eigenvalue weighted by atomic mass is 16.5. The molecule has 1 fully saturated rings. The summed E-state index contributed by atoms with van der Waals surface area (Å²) in [5.41, 5.74) is 1.61. The Kier molecular flexibility index (Phi) is 4.98. The van der Waals surface area contributed by atoms with Gasteiger partial charge in [-0.3, -0.25) is 9.69 Å². The molecular formula is C18H24N2O3. The lowest BCUT2D eigenvalue weighted by atomic mass is 10.1. The zero-order valence-electron chi connectivity index (χ0n) is 13.8. The van der Waals surface area contributed by atoms with E-state index in [2.05, 4.69) is 9.88 Å². The van der Waals surface area contributed by atoms with E-state index in [1.54, 1.807) is 7.11 Å². The van der Waals surface area contributed by atoms with Crippen molar-refractivity contribution >= 4 is 10.9 Å². The summed E-state index contributed by atoms with van der Waals surface area (Å²) in [5, 5.41) is 1.03. The van der Waals surface area contributed by atoms with E-state index in [9.17, 15) is 4.79 Å². The number of aromatic amines is 1. The van der Waals surface area contributed by atoms with E-state index < -0.39 is 0 Å². The van der Waals surface area contributed by atoms with E-state index in [1.165, 1.54) is 0 Å². The van der Waals surface area contributed by atoms with Crippen LogP contribution in [-0.2, 0) is 11.3 Å². The van der Waals surface area contributed by atoms with Gasteiger partial charge in [-0.2, -0.15) is 0 Å². The van der Waals surface area contributed by atoms with E-state index >= 15 is 0 Å². The summed E-state index contributed by atoms with van der Waals surface area (Å²) >= 11 is 0. The maximum Gasteiger partial charge on any atom is 0.252 e. The number of pyridine rings is 1. The molecule has 1 aromatic carbocycles. The second-order valence-corrected chi connectivity index (χ2v) is 6.01. The van der Waals surface area contributed by atoms with Crippen LogP contribution in [0, 0.1) is 0 Å². The minimum absolute atomic E-state index is 0.0160. The zero-order chi connectivity index (χ0) is 16.2. The molecule has 2 aromatic rings. The maximum atomic E-state index is 12.3. The van der Waals surface area contributed by atoms with Gasteiger partial charge in [-0.25, -0.2) is 0 Å². The molecule has 1 aromatic heterocycles. The Bertz CT molecular complexity index is 718. The predicted octanol–water partition coefficient (Wildman–Crippen LogP) is 2.54. The molecule has 5 nitrogen and oxygen atoms in total. The first-order chi connectivity index (χ1) is 11.2. The molecule has 0 atom stereocenters. The van der Waals surface area contributed by atoms with Gasteiger partial charge in [0.2, 0.25) is 0 Å². The number of fused-ring (bicyclic) bond motifs is 1. The minimum Gasteiger partial charge on any atom is -0.497 e. The highest BCUT2D eigenvalue weighted by Crippen LogP contribution is 2.20. The Morgan fingerprint density at radius 3 is 2.74 bits per heavy atom. The smallest absolute Gasteiger partial charge is 0.252 e. The minimum atomic E-state index is -0.0160. The van der Waals surface area contributed by atoms with Gasteiger partial charge in [0.15, 0.2) is 0 Å². The first-order valence-corrected chi connectivity index (χ1v) is 8.23. The maximum absolute atomic E-state index is 12.3. The largest absolute Gasteiger partial charge is 0.497 e. The van der Waals surface area contributed by atoms with E-state index in [4.69, 9.17) is 9.47 Å². The van der Waals surface area contributed by atoms with Crippen LogP contribution in [0.15, 0.2) is 29.1 Å². The highest BCUT2D eigenvalue weighted by Gasteiger charge is 2.20. The molecule has 1 N–H and O–H groups in total. The summed E-state index contributed by atoms with van der Waals surface area (Å²) in [6, 6.07) is 7.74. The van der Waals surface area contributed by atoms with Crippen LogP contribution in [0.4, 0.5) is 0 Å². The molecule has 0 spiro atoms. The lowest BCUT2D eigenvalue weighted by Gasteiger charge is -2.31. The average Bonchev–Trinajstić information content (AvgIpc) is 2.57. The zero-order valence-corrected chi connectivity index (χ0v) is 13.8. The standard InChI is InChI=1S/C18H24N2O3/c1-3-23-15-6-8-20(9-7-15)12-14-10-13-4-5-16(22-2)11-17(13)19-18(14)21/h4-5,10-11,15H,3,6-9,12H2,1-2H3,(H,19,21). The van der Waals surface area contributed by atoms with Crippen molar-refractivity contribution in [1.29, 1.82) is 0 Å². The Labute approximate surface area is 136 Å². The second-order valence-electron chi connectivity index (χ2n) is 6.01. The summed E-state index contributed by atoms with van der Waals surface area (Å²) in [7, 11) is 1.62. The summed E-state index contributed by atoms with van der Waals surface area (Å²) < 4.78 is 10.9. The van der Waals surface area contributed by atoms with Crippen LogP contribution in [0.25, 0.3) is 10.9 Å². The number of piperidine rings is 1. The van der Waals surface area contributed by atoms with Crippen LogP contribution in [0.1, 0.15) is 25.3 Å². The van der Waals surface area contributed by atoms with Gasteiger partial charge in [-0.15, -0.1) is 0 Å². The second kappa shape index (κ2) is 7.15. The Balaban J connectivity index is 1.73. The van der Waals surface area contributed by atoms with Crippen molar-refractivity contribution in [2.45, 2.75) is 32.4 Å².